The van der Waals surface area contributed by atoms with E-state index in [1.165, 1.54) is 4.90 Å². The van der Waals surface area contributed by atoms with Gasteiger partial charge in [-0.3, -0.25) is 19.3 Å². The molecule has 3 rings (SSSR count). The lowest BCUT2D eigenvalue weighted by molar-refractivity contribution is -0.137. The van der Waals surface area contributed by atoms with Crippen LogP contribution in [0.4, 0.5) is 5.69 Å². The summed E-state index contributed by atoms with van der Waals surface area (Å²) in [6.45, 7) is -0.00240. The summed E-state index contributed by atoms with van der Waals surface area (Å²) < 4.78 is 1.21. The summed E-state index contributed by atoms with van der Waals surface area (Å²) in [5.41, 5.74) is 1.62. The van der Waals surface area contributed by atoms with Crippen LogP contribution in [0.15, 0.2) is 23.1 Å². The zero-order valence-corrected chi connectivity index (χ0v) is 15.3. The van der Waals surface area contributed by atoms with Gasteiger partial charge in [0.1, 0.15) is 4.32 Å². The van der Waals surface area contributed by atoms with Crippen LogP contribution in [0.1, 0.15) is 12.0 Å². The number of hydrogen-bond donors (Lipinski definition) is 2. The van der Waals surface area contributed by atoms with Crippen LogP contribution >= 0.6 is 46.6 Å². The molecule has 2 aliphatic heterocycles. The van der Waals surface area contributed by atoms with Crippen molar-refractivity contribution >= 4 is 79.9 Å². The number of fused-ring (bicyclic) bond motifs is 1. The molecule has 2 amide bonds. The lowest BCUT2D eigenvalue weighted by Gasteiger charge is -2.12. The standard InChI is InChI=1S/C14H9IN2O4S2/c15-6-1-2-8-7(5-6)10(12(20)16-8)11-13(21)17(14(22)23-11)4-3-9(18)19/h1-2,5H,3-4H2,(H,16,20)(H,18,19). The van der Waals surface area contributed by atoms with Gasteiger partial charge < -0.3 is 10.4 Å². The van der Waals surface area contributed by atoms with E-state index >= 15 is 0 Å². The Morgan fingerprint density at radius 1 is 1.39 bits per heavy atom. The van der Waals surface area contributed by atoms with E-state index in [-0.39, 0.29) is 28.1 Å². The summed E-state index contributed by atoms with van der Waals surface area (Å²) in [4.78, 5) is 37.0. The molecular weight excluding hydrogens is 451 g/mol. The van der Waals surface area contributed by atoms with Crippen LogP contribution in [0, 0.1) is 3.57 Å². The van der Waals surface area contributed by atoms with Crippen molar-refractivity contribution in [2.75, 3.05) is 11.9 Å². The molecule has 0 aromatic heterocycles. The van der Waals surface area contributed by atoms with Crippen molar-refractivity contribution in [1.82, 2.24) is 4.90 Å². The van der Waals surface area contributed by atoms with Crippen LogP contribution in [0.2, 0.25) is 0 Å². The highest BCUT2D eigenvalue weighted by Crippen LogP contribution is 2.42. The zero-order valence-electron chi connectivity index (χ0n) is 11.5. The maximum atomic E-state index is 12.5. The summed E-state index contributed by atoms with van der Waals surface area (Å²) in [5.74, 6) is -1.77. The fourth-order valence-electron chi connectivity index (χ4n) is 2.31. The molecule has 9 heteroatoms. The number of hydrogen-bond acceptors (Lipinski definition) is 5. The van der Waals surface area contributed by atoms with Crippen molar-refractivity contribution < 1.29 is 19.5 Å². The van der Waals surface area contributed by atoms with Crippen molar-refractivity contribution in [3.05, 3.63) is 32.2 Å². The lowest BCUT2D eigenvalue weighted by Crippen LogP contribution is -2.30. The molecule has 0 radical (unpaired) electrons. The lowest BCUT2D eigenvalue weighted by atomic mass is 10.1. The quantitative estimate of drug-likeness (QED) is 0.409. The molecule has 0 aliphatic carbocycles. The van der Waals surface area contributed by atoms with E-state index in [4.69, 9.17) is 17.3 Å². The Bertz CT molecular complexity index is 806. The fraction of sp³-hybridized carbons (Fsp3) is 0.143. The maximum absolute atomic E-state index is 12.5. The molecule has 2 aliphatic rings. The van der Waals surface area contributed by atoms with Crippen molar-refractivity contribution in [2.45, 2.75) is 6.42 Å². The molecule has 1 saturated heterocycles. The number of carboxylic acid groups (broad SMARTS) is 1. The predicted molar refractivity (Wildman–Crippen MR) is 98.9 cm³/mol. The number of carbonyl (C=O) groups is 3. The molecule has 23 heavy (non-hydrogen) atoms. The van der Waals surface area contributed by atoms with Crippen LogP contribution in [-0.4, -0.2) is 38.7 Å². The molecule has 118 valence electrons. The van der Waals surface area contributed by atoms with Crippen molar-refractivity contribution in [3.63, 3.8) is 0 Å². The Hall–Kier alpha value is -1.46. The van der Waals surface area contributed by atoms with Crippen LogP contribution in [0.25, 0.3) is 5.57 Å². The van der Waals surface area contributed by atoms with Crippen LogP contribution in [0.3, 0.4) is 0 Å². The summed E-state index contributed by atoms with van der Waals surface area (Å²) in [6.07, 6.45) is -0.199. The number of benzene rings is 1. The van der Waals surface area contributed by atoms with Crippen LogP contribution in [0.5, 0.6) is 0 Å². The minimum Gasteiger partial charge on any atom is -0.481 e. The number of carboxylic acids is 1. The average Bonchev–Trinajstić information content (AvgIpc) is 2.93. The van der Waals surface area contributed by atoms with Gasteiger partial charge in [-0.1, -0.05) is 24.0 Å². The molecular formula is C14H9IN2O4S2. The van der Waals surface area contributed by atoms with Crippen molar-refractivity contribution in [3.8, 4) is 0 Å². The van der Waals surface area contributed by atoms with Crippen LogP contribution in [-0.2, 0) is 14.4 Å². The highest BCUT2D eigenvalue weighted by Gasteiger charge is 2.39. The summed E-state index contributed by atoms with van der Waals surface area (Å²) in [6, 6.07) is 5.47. The fourth-order valence-corrected chi connectivity index (χ4v) is 4.19. The number of nitrogens with one attached hydrogen (secondary N) is 1. The third-order valence-corrected chi connectivity index (χ3v) is 5.47. The molecule has 0 saturated carbocycles. The van der Waals surface area contributed by atoms with Gasteiger partial charge in [0.25, 0.3) is 11.8 Å². The van der Waals surface area contributed by atoms with E-state index in [1.54, 1.807) is 6.07 Å². The molecule has 6 nitrogen and oxygen atoms in total. The maximum Gasteiger partial charge on any atom is 0.305 e. The molecule has 2 N–H and O–H groups in total. The summed E-state index contributed by atoms with van der Waals surface area (Å²) in [5, 5.41) is 11.5. The molecule has 1 aromatic rings. The highest BCUT2D eigenvalue weighted by atomic mass is 127. The normalized spacial score (nSPS) is 20.0. The van der Waals surface area contributed by atoms with E-state index < -0.39 is 11.9 Å². The van der Waals surface area contributed by atoms with Gasteiger partial charge in [-0.2, -0.15) is 0 Å². The Morgan fingerprint density at radius 2 is 2.13 bits per heavy atom. The Labute approximate surface area is 154 Å². The first-order valence-corrected chi connectivity index (χ1v) is 8.80. The van der Waals surface area contributed by atoms with Crippen LogP contribution < -0.4 is 5.32 Å². The van der Waals surface area contributed by atoms with E-state index in [2.05, 4.69) is 27.9 Å². The Morgan fingerprint density at radius 3 is 2.83 bits per heavy atom. The van der Waals surface area contributed by atoms with E-state index in [9.17, 15) is 14.4 Å². The van der Waals surface area contributed by atoms with Gasteiger partial charge >= 0.3 is 5.97 Å². The second-order valence-electron chi connectivity index (χ2n) is 4.82. The van der Waals surface area contributed by atoms with Gasteiger partial charge in [0.2, 0.25) is 0 Å². The third kappa shape index (κ3) is 3.00. The smallest absolute Gasteiger partial charge is 0.305 e. The number of rotatable bonds is 3. The first kappa shape index (κ1) is 16.4. The number of halogens is 1. The number of thioether (sulfide) groups is 1. The first-order valence-electron chi connectivity index (χ1n) is 6.49. The average molecular weight is 460 g/mol. The minimum absolute atomic E-state index is 0.00240. The van der Waals surface area contributed by atoms with Gasteiger partial charge in [-0.15, -0.1) is 0 Å². The van der Waals surface area contributed by atoms with Gasteiger partial charge in [0.05, 0.1) is 16.9 Å². The Balaban J connectivity index is 2.01. The number of aliphatic carboxylic acids is 1. The molecule has 0 spiro atoms. The van der Waals surface area contributed by atoms with Gasteiger partial charge in [-0.25, -0.2) is 0 Å². The largest absolute Gasteiger partial charge is 0.481 e. The van der Waals surface area contributed by atoms with Gasteiger partial charge in [0.15, 0.2) is 0 Å². The second-order valence-corrected chi connectivity index (χ2v) is 7.71. The molecule has 2 heterocycles. The molecule has 0 unspecified atom stereocenters. The number of nitrogens with zero attached hydrogens (tertiary/aromatic N) is 1. The first-order chi connectivity index (χ1) is 10.9. The van der Waals surface area contributed by atoms with Crippen molar-refractivity contribution in [2.24, 2.45) is 0 Å². The highest BCUT2D eigenvalue weighted by molar-refractivity contribution is 14.1. The summed E-state index contributed by atoms with van der Waals surface area (Å²) in [7, 11) is 0. The number of amides is 2. The Kier molecular flexibility index (Phi) is 4.43. The molecule has 1 aromatic carbocycles. The van der Waals surface area contributed by atoms with Gasteiger partial charge in [-0.05, 0) is 40.8 Å². The molecule has 0 atom stereocenters. The SMILES string of the molecule is O=C(O)CCN1C(=O)C(=C2C(=O)Nc3ccc(I)cc32)SC1=S. The van der Waals surface area contributed by atoms with Crippen molar-refractivity contribution in [1.29, 1.82) is 0 Å². The van der Waals surface area contributed by atoms with Gasteiger partial charge in [0, 0.05) is 21.4 Å². The molecule has 0 bridgehead atoms. The minimum atomic E-state index is -1.01. The van der Waals surface area contributed by atoms with E-state index in [1.807, 2.05) is 12.1 Å². The van der Waals surface area contributed by atoms with E-state index in [0.717, 1.165) is 15.3 Å². The number of thiocarbonyl (C=S) groups is 1. The topological polar surface area (TPSA) is 86.7 Å². The zero-order chi connectivity index (χ0) is 16.7. The van der Waals surface area contributed by atoms with E-state index in [0.29, 0.717) is 16.8 Å². The number of anilines is 1. The predicted octanol–water partition coefficient (Wildman–Crippen LogP) is 2.29. The summed E-state index contributed by atoms with van der Waals surface area (Å²) >= 11 is 8.32. The third-order valence-electron chi connectivity index (χ3n) is 3.35. The second kappa shape index (κ2) is 6.21. The number of carbonyl (C=O) groups excluding carboxylic acids is 2. The monoisotopic (exact) mass is 460 g/mol. The molecule has 1 fully saturated rings.